The van der Waals surface area contributed by atoms with E-state index in [-0.39, 0.29) is 30.3 Å². The predicted molar refractivity (Wildman–Crippen MR) is 93.0 cm³/mol. The molecule has 1 unspecified atom stereocenters. The summed E-state index contributed by atoms with van der Waals surface area (Å²) in [6.07, 6.45) is 0. The standard InChI is InChI=1S/C16H22BrNO3S/c1-10(2)12(4)18-15(19)8-21-16(20)9-22-14-6-5-13(17)7-11(14)3/h5-7,10,12H,8-9H2,1-4H3,(H,18,19). The van der Waals surface area contributed by atoms with Crippen molar-refractivity contribution in [1.82, 2.24) is 5.32 Å². The van der Waals surface area contributed by atoms with Gasteiger partial charge in [-0.15, -0.1) is 11.8 Å². The zero-order chi connectivity index (χ0) is 16.7. The van der Waals surface area contributed by atoms with Crippen LogP contribution < -0.4 is 5.32 Å². The molecule has 0 radical (unpaired) electrons. The van der Waals surface area contributed by atoms with Crippen LogP contribution in [-0.4, -0.2) is 30.3 Å². The van der Waals surface area contributed by atoms with E-state index in [1.807, 2.05) is 45.9 Å². The van der Waals surface area contributed by atoms with Crippen LogP contribution in [0.15, 0.2) is 27.6 Å². The van der Waals surface area contributed by atoms with Crippen molar-refractivity contribution in [3.05, 3.63) is 28.2 Å². The molecule has 1 N–H and O–H groups in total. The maximum absolute atomic E-state index is 11.7. The second-order valence-corrected chi connectivity index (χ2v) is 7.39. The van der Waals surface area contributed by atoms with Crippen LogP contribution in [0.4, 0.5) is 0 Å². The van der Waals surface area contributed by atoms with Crippen LogP contribution in [-0.2, 0) is 14.3 Å². The highest BCUT2D eigenvalue weighted by Gasteiger charge is 2.13. The molecular weight excluding hydrogens is 366 g/mol. The number of hydrogen-bond acceptors (Lipinski definition) is 4. The first-order valence-corrected chi connectivity index (χ1v) is 8.91. The first-order chi connectivity index (χ1) is 10.3. The van der Waals surface area contributed by atoms with Crippen LogP contribution in [0, 0.1) is 12.8 Å². The summed E-state index contributed by atoms with van der Waals surface area (Å²) >= 11 is 4.81. The monoisotopic (exact) mass is 387 g/mol. The zero-order valence-corrected chi connectivity index (χ0v) is 15.7. The number of halogens is 1. The SMILES string of the molecule is Cc1cc(Br)ccc1SCC(=O)OCC(=O)NC(C)C(C)C. The molecule has 0 heterocycles. The maximum atomic E-state index is 11.7. The molecule has 22 heavy (non-hydrogen) atoms. The fourth-order valence-corrected chi connectivity index (χ4v) is 2.84. The average molecular weight is 388 g/mol. The number of esters is 1. The molecule has 1 atom stereocenters. The lowest BCUT2D eigenvalue weighted by Gasteiger charge is -2.17. The Morgan fingerprint density at radius 2 is 2.00 bits per heavy atom. The summed E-state index contributed by atoms with van der Waals surface area (Å²) in [5.74, 6) is -0.121. The number of thioether (sulfide) groups is 1. The van der Waals surface area contributed by atoms with E-state index >= 15 is 0 Å². The van der Waals surface area contributed by atoms with E-state index in [2.05, 4.69) is 21.2 Å². The van der Waals surface area contributed by atoms with Crippen LogP contribution in [0.2, 0.25) is 0 Å². The van der Waals surface area contributed by atoms with Crippen LogP contribution in [0.1, 0.15) is 26.3 Å². The Kier molecular flexibility index (Phi) is 7.96. The third-order valence-electron chi connectivity index (χ3n) is 3.24. The van der Waals surface area contributed by atoms with Crippen molar-refractivity contribution in [2.45, 2.75) is 38.6 Å². The summed E-state index contributed by atoms with van der Waals surface area (Å²) in [4.78, 5) is 24.3. The minimum Gasteiger partial charge on any atom is -0.455 e. The molecule has 0 saturated heterocycles. The topological polar surface area (TPSA) is 55.4 Å². The van der Waals surface area contributed by atoms with Gasteiger partial charge in [-0.25, -0.2) is 0 Å². The number of benzene rings is 1. The summed E-state index contributed by atoms with van der Waals surface area (Å²) in [7, 11) is 0. The van der Waals surface area contributed by atoms with Gasteiger partial charge >= 0.3 is 5.97 Å². The summed E-state index contributed by atoms with van der Waals surface area (Å²) in [6, 6.07) is 5.94. The van der Waals surface area contributed by atoms with Gasteiger partial charge in [0, 0.05) is 15.4 Å². The van der Waals surface area contributed by atoms with E-state index in [0.717, 1.165) is 14.9 Å². The normalized spacial score (nSPS) is 12.1. The molecule has 6 heteroatoms. The minimum atomic E-state index is -0.389. The molecule has 0 aliphatic rings. The van der Waals surface area contributed by atoms with E-state index in [9.17, 15) is 9.59 Å². The average Bonchev–Trinajstić information content (AvgIpc) is 2.44. The molecule has 1 aromatic carbocycles. The fraction of sp³-hybridized carbons (Fsp3) is 0.500. The Morgan fingerprint density at radius 3 is 2.59 bits per heavy atom. The highest BCUT2D eigenvalue weighted by Crippen LogP contribution is 2.25. The summed E-state index contributed by atoms with van der Waals surface area (Å²) in [6.45, 7) is 7.73. The van der Waals surface area contributed by atoms with Crippen LogP contribution in [0.25, 0.3) is 0 Å². The quantitative estimate of drug-likeness (QED) is 0.573. The smallest absolute Gasteiger partial charge is 0.316 e. The van der Waals surface area contributed by atoms with Crippen LogP contribution >= 0.6 is 27.7 Å². The van der Waals surface area contributed by atoms with Gasteiger partial charge in [-0.05, 0) is 43.5 Å². The number of rotatable bonds is 7. The molecule has 0 aliphatic heterocycles. The predicted octanol–water partition coefficient (Wildman–Crippen LogP) is 3.55. The second-order valence-electron chi connectivity index (χ2n) is 5.46. The van der Waals surface area contributed by atoms with Gasteiger partial charge in [-0.2, -0.15) is 0 Å². The molecule has 1 aromatic rings. The Balaban J connectivity index is 2.33. The molecule has 122 valence electrons. The molecule has 0 bridgehead atoms. The van der Waals surface area contributed by atoms with Crippen molar-refractivity contribution in [3.63, 3.8) is 0 Å². The summed E-state index contributed by atoms with van der Waals surface area (Å²) < 4.78 is 6.00. The van der Waals surface area contributed by atoms with E-state index in [1.54, 1.807) is 0 Å². The number of aryl methyl sites for hydroxylation is 1. The molecule has 0 fully saturated rings. The largest absolute Gasteiger partial charge is 0.455 e. The van der Waals surface area contributed by atoms with Gasteiger partial charge in [0.05, 0.1) is 5.75 Å². The van der Waals surface area contributed by atoms with E-state index < -0.39 is 0 Å². The molecule has 1 rings (SSSR count). The number of nitrogens with one attached hydrogen (secondary N) is 1. The molecule has 0 saturated carbocycles. The van der Waals surface area contributed by atoms with Gasteiger partial charge in [0.2, 0.25) is 0 Å². The zero-order valence-electron chi connectivity index (χ0n) is 13.3. The number of carbonyl (C=O) groups is 2. The fourth-order valence-electron chi connectivity index (χ4n) is 1.56. The second kappa shape index (κ2) is 9.20. The lowest BCUT2D eigenvalue weighted by molar-refractivity contribution is -0.146. The Bertz CT molecular complexity index is 534. The molecule has 0 spiro atoms. The third kappa shape index (κ3) is 6.83. The van der Waals surface area contributed by atoms with Crippen molar-refractivity contribution in [2.24, 2.45) is 5.92 Å². The number of carbonyl (C=O) groups excluding carboxylic acids is 2. The van der Waals surface area contributed by atoms with Crippen LogP contribution in [0.3, 0.4) is 0 Å². The first kappa shape index (κ1) is 19.0. The van der Waals surface area contributed by atoms with Crippen molar-refractivity contribution >= 4 is 39.6 Å². The van der Waals surface area contributed by atoms with E-state index in [0.29, 0.717) is 5.92 Å². The lowest BCUT2D eigenvalue weighted by atomic mass is 10.1. The Hall–Kier alpha value is -1.01. The van der Waals surface area contributed by atoms with Gasteiger partial charge in [0.15, 0.2) is 6.61 Å². The van der Waals surface area contributed by atoms with E-state index in [4.69, 9.17) is 4.74 Å². The van der Waals surface area contributed by atoms with Crippen LogP contribution in [0.5, 0.6) is 0 Å². The van der Waals surface area contributed by atoms with Crippen molar-refractivity contribution in [3.8, 4) is 0 Å². The van der Waals surface area contributed by atoms with Gasteiger partial charge in [-0.3, -0.25) is 9.59 Å². The Morgan fingerprint density at radius 1 is 1.32 bits per heavy atom. The van der Waals surface area contributed by atoms with Gasteiger partial charge in [0.1, 0.15) is 0 Å². The third-order valence-corrected chi connectivity index (χ3v) is 4.88. The number of amides is 1. The molecule has 0 aromatic heterocycles. The molecule has 4 nitrogen and oxygen atoms in total. The molecule has 0 aliphatic carbocycles. The lowest BCUT2D eigenvalue weighted by Crippen LogP contribution is -2.38. The van der Waals surface area contributed by atoms with Gasteiger partial charge in [0.25, 0.3) is 5.91 Å². The number of hydrogen-bond donors (Lipinski definition) is 1. The van der Waals surface area contributed by atoms with Crippen molar-refractivity contribution in [1.29, 1.82) is 0 Å². The summed E-state index contributed by atoms with van der Waals surface area (Å²) in [5.41, 5.74) is 1.09. The van der Waals surface area contributed by atoms with Crippen molar-refractivity contribution in [2.75, 3.05) is 12.4 Å². The molecule has 1 amide bonds. The van der Waals surface area contributed by atoms with Gasteiger partial charge < -0.3 is 10.1 Å². The highest BCUT2D eigenvalue weighted by atomic mass is 79.9. The molecular formula is C16H22BrNO3S. The number of ether oxygens (including phenoxy) is 1. The van der Waals surface area contributed by atoms with Crippen molar-refractivity contribution < 1.29 is 14.3 Å². The summed E-state index contributed by atoms with van der Waals surface area (Å²) in [5, 5.41) is 2.80. The van der Waals surface area contributed by atoms with E-state index in [1.165, 1.54) is 11.8 Å². The highest BCUT2D eigenvalue weighted by molar-refractivity contribution is 9.10. The Labute approximate surface area is 144 Å². The maximum Gasteiger partial charge on any atom is 0.316 e. The minimum absolute atomic E-state index is 0.0611. The first-order valence-electron chi connectivity index (χ1n) is 7.13. The van der Waals surface area contributed by atoms with Gasteiger partial charge in [-0.1, -0.05) is 29.8 Å².